The highest BCUT2D eigenvalue weighted by atomic mass is 35.5. The number of hydrogen-bond acceptors (Lipinski definition) is 7. The van der Waals surface area contributed by atoms with Gasteiger partial charge in [-0.15, -0.1) is 0 Å². The fourth-order valence-electron chi connectivity index (χ4n) is 1.88. The van der Waals surface area contributed by atoms with Gasteiger partial charge in [-0.1, -0.05) is 22.9 Å². The number of thiazole rings is 1. The molecule has 0 aliphatic heterocycles. The van der Waals surface area contributed by atoms with Crippen molar-refractivity contribution < 1.29 is 5.11 Å². The van der Waals surface area contributed by atoms with E-state index < -0.39 is 0 Å². The van der Waals surface area contributed by atoms with Crippen LogP contribution in [-0.4, -0.2) is 37.1 Å². The molecule has 9 heteroatoms. The fourth-order valence-corrected chi connectivity index (χ4v) is 2.85. The molecule has 7 nitrogen and oxygen atoms in total. The summed E-state index contributed by atoms with van der Waals surface area (Å²) in [6, 6.07) is 1.45. The first-order valence-corrected chi connectivity index (χ1v) is 7.65. The third-order valence-electron chi connectivity index (χ3n) is 2.96. The molecule has 0 radical (unpaired) electrons. The molecule has 0 unspecified atom stereocenters. The standard InChI is InChI=1S/C13H12ClN5O2S/c1-7(6-20)17-12-15-3-2-9(18-12)8-4-16-13-19(11(8)21)5-10(14)22-13/h2-5,7,20H,6H2,1H3,(H,15,17,18)/t7-/m0/s1. The van der Waals surface area contributed by atoms with Crippen LogP contribution in [0.2, 0.25) is 4.34 Å². The monoisotopic (exact) mass is 337 g/mol. The van der Waals surface area contributed by atoms with Gasteiger partial charge in [-0.2, -0.15) is 0 Å². The van der Waals surface area contributed by atoms with Crippen LogP contribution in [0.5, 0.6) is 0 Å². The van der Waals surface area contributed by atoms with Crippen LogP contribution in [-0.2, 0) is 0 Å². The van der Waals surface area contributed by atoms with Crippen LogP contribution in [0, 0.1) is 0 Å². The Bertz CT molecular complexity index is 878. The first-order chi connectivity index (χ1) is 10.6. The molecular formula is C13H12ClN5O2S. The van der Waals surface area contributed by atoms with E-state index in [1.165, 1.54) is 28.1 Å². The molecule has 22 heavy (non-hydrogen) atoms. The molecule has 0 bridgehead atoms. The summed E-state index contributed by atoms with van der Waals surface area (Å²) >= 11 is 7.14. The fraction of sp³-hybridized carbons (Fsp3) is 0.231. The minimum absolute atomic E-state index is 0.0445. The van der Waals surface area contributed by atoms with Gasteiger partial charge in [-0.3, -0.25) is 9.20 Å². The molecule has 0 aromatic carbocycles. The molecule has 0 aliphatic rings. The van der Waals surface area contributed by atoms with Crippen molar-refractivity contribution in [3.63, 3.8) is 0 Å². The molecule has 3 aromatic rings. The predicted molar refractivity (Wildman–Crippen MR) is 85.5 cm³/mol. The van der Waals surface area contributed by atoms with Crippen molar-refractivity contribution in [3.8, 4) is 11.3 Å². The zero-order valence-corrected chi connectivity index (χ0v) is 13.1. The van der Waals surface area contributed by atoms with Crippen molar-refractivity contribution in [1.82, 2.24) is 19.4 Å². The lowest BCUT2D eigenvalue weighted by molar-refractivity contribution is 0.281. The molecule has 1 atom stereocenters. The summed E-state index contributed by atoms with van der Waals surface area (Å²) in [5.41, 5.74) is 0.568. The van der Waals surface area contributed by atoms with Gasteiger partial charge in [0.15, 0.2) is 4.96 Å². The predicted octanol–water partition coefficient (Wildman–Crippen LogP) is 1.66. The second kappa shape index (κ2) is 5.99. The average molecular weight is 338 g/mol. The summed E-state index contributed by atoms with van der Waals surface area (Å²) in [4.78, 5) is 25.6. The number of aliphatic hydroxyl groups is 1. The molecule has 0 aliphatic carbocycles. The van der Waals surface area contributed by atoms with Crippen LogP contribution >= 0.6 is 22.9 Å². The normalized spacial score (nSPS) is 12.5. The van der Waals surface area contributed by atoms with Crippen LogP contribution < -0.4 is 10.9 Å². The molecule has 3 aromatic heterocycles. The van der Waals surface area contributed by atoms with Crippen molar-refractivity contribution in [2.75, 3.05) is 11.9 Å². The van der Waals surface area contributed by atoms with E-state index in [2.05, 4.69) is 20.3 Å². The molecule has 2 N–H and O–H groups in total. The third-order valence-corrected chi connectivity index (χ3v) is 4.07. The van der Waals surface area contributed by atoms with Crippen LogP contribution in [0.25, 0.3) is 16.2 Å². The van der Waals surface area contributed by atoms with Gasteiger partial charge in [-0.25, -0.2) is 15.0 Å². The summed E-state index contributed by atoms with van der Waals surface area (Å²) in [6.45, 7) is 1.75. The largest absolute Gasteiger partial charge is 0.394 e. The quantitative estimate of drug-likeness (QED) is 0.752. The molecular weight excluding hydrogens is 326 g/mol. The Morgan fingerprint density at radius 2 is 2.32 bits per heavy atom. The number of nitrogens with one attached hydrogen (secondary N) is 1. The summed E-state index contributed by atoms with van der Waals surface area (Å²) in [5.74, 6) is 0.340. The van der Waals surface area contributed by atoms with Crippen molar-refractivity contribution in [1.29, 1.82) is 0 Å². The van der Waals surface area contributed by atoms with Gasteiger partial charge in [-0.05, 0) is 13.0 Å². The maximum atomic E-state index is 12.5. The molecule has 0 amide bonds. The van der Waals surface area contributed by atoms with Gasteiger partial charge in [0.2, 0.25) is 5.95 Å². The van der Waals surface area contributed by atoms with Crippen LogP contribution in [0.1, 0.15) is 6.92 Å². The second-order valence-electron chi connectivity index (χ2n) is 4.66. The summed E-state index contributed by atoms with van der Waals surface area (Å²) in [6.07, 6.45) is 4.56. The maximum Gasteiger partial charge on any atom is 0.268 e. The zero-order chi connectivity index (χ0) is 15.7. The van der Waals surface area contributed by atoms with Crippen LogP contribution in [0.15, 0.2) is 29.5 Å². The first kappa shape index (κ1) is 14.9. The van der Waals surface area contributed by atoms with E-state index >= 15 is 0 Å². The number of anilines is 1. The van der Waals surface area contributed by atoms with Crippen LogP contribution in [0.3, 0.4) is 0 Å². The summed E-state index contributed by atoms with van der Waals surface area (Å²) < 4.78 is 1.89. The average Bonchev–Trinajstić information content (AvgIpc) is 2.89. The summed E-state index contributed by atoms with van der Waals surface area (Å²) in [5, 5.41) is 12.0. The SMILES string of the molecule is C[C@@H](CO)Nc1nccc(-c2cnc3sc(Cl)cn3c2=O)n1. The van der Waals surface area contributed by atoms with Gasteiger partial charge in [0.1, 0.15) is 4.34 Å². The van der Waals surface area contributed by atoms with Crippen LogP contribution in [0.4, 0.5) is 5.95 Å². The Balaban J connectivity index is 2.05. The lowest BCUT2D eigenvalue weighted by atomic mass is 10.2. The zero-order valence-electron chi connectivity index (χ0n) is 11.5. The number of aromatic nitrogens is 4. The Kier molecular flexibility index (Phi) is 4.06. The minimum atomic E-state index is -0.243. The van der Waals surface area contributed by atoms with Crippen molar-refractivity contribution in [2.45, 2.75) is 13.0 Å². The minimum Gasteiger partial charge on any atom is -0.394 e. The highest BCUT2D eigenvalue weighted by Crippen LogP contribution is 2.21. The van der Waals surface area contributed by atoms with Crippen molar-refractivity contribution >= 4 is 33.8 Å². The molecule has 0 fully saturated rings. The molecule has 0 saturated heterocycles. The summed E-state index contributed by atoms with van der Waals surface area (Å²) in [7, 11) is 0. The Labute approximate surface area is 134 Å². The van der Waals surface area contributed by atoms with Gasteiger partial charge in [0, 0.05) is 24.6 Å². The van der Waals surface area contributed by atoms with E-state index in [9.17, 15) is 4.79 Å². The van der Waals surface area contributed by atoms with Gasteiger partial charge in [0.05, 0.1) is 17.9 Å². The van der Waals surface area contributed by atoms with E-state index in [4.69, 9.17) is 16.7 Å². The van der Waals surface area contributed by atoms with E-state index in [-0.39, 0.29) is 18.2 Å². The molecule has 0 spiro atoms. The highest BCUT2D eigenvalue weighted by molar-refractivity contribution is 7.20. The molecule has 3 heterocycles. The maximum absolute atomic E-state index is 12.5. The highest BCUT2D eigenvalue weighted by Gasteiger charge is 2.12. The van der Waals surface area contributed by atoms with Crippen molar-refractivity contribution in [3.05, 3.63) is 39.3 Å². The molecule has 114 valence electrons. The van der Waals surface area contributed by atoms with E-state index in [1.54, 1.807) is 19.2 Å². The number of nitrogens with zero attached hydrogens (tertiary/aromatic N) is 4. The molecule has 0 saturated carbocycles. The lowest BCUT2D eigenvalue weighted by Gasteiger charge is -2.10. The number of halogens is 1. The number of rotatable bonds is 4. The topological polar surface area (TPSA) is 92.4 Å². The number of fused-ring (bicyclic) bond motifs is 1. The lowest BCUT2D eigenvalue weighted by Crippen LogP contribution is -2.21. The Morgan fingerprint density at radius 1 is 1.50 bits per heavy atom. The van der Waals surface area contributed by atoms with E-state index in [0.29, 0.717) is 26.5 Å². The van der Waals surface area contributed by atoms with Gasteiger partial charge in [0.25, 0.3) is 5.56 Å². The Hall–Kier alpha value is -2.03. The smallest absolute Gasteiger partial charge is 0.268 e. The van der Waals surface area contributed by atoms with Crippen molar-refractivity contribution in [2.24, 2.45) is 0 Å². The second-order valence-corrected chi connectivity index (χ2v) is 6.30. The third kappa shape index (κ3) is 2.80. The first-order valence-electron chi connectivity index (χ1n) is 6.46. The van der Waals surface area contributed by atoms with E-state index in [0.717, 1.165) is 0 Å². The molecule has 3 rings (SSSR count). The van der Waals surface area contributed by atoms with Gasteiger partial charge >= 0.3 is 0 Å². The van der Waals surface area contributed by atoms with E-state index in [1.807, 2.05) is 0 Å². The Morgan fingerprint density at radius 3 is 3.09 bits per heavy atom. The number of aliphatic hydroxyl groups excluding tert-OH is 1. The number of hydrogen-bond donors (Lipinski definition) is 2. The van der Waals surface area contributed by atoms with Gasteiger partial charge < -0.3 is 10.4 Å².